The first-order chi connectivity index (χ1) is 0. The van der Waals surface area contributed by atoms with Gasteiger partial charge in [-0.2, -0.15) is 0 Å². The van der Waals surface area contributed by atoms with Crippen molar-refractivity contribution in [1.82, 2.24) is 0 Å². The van der Waals surface area contributed by atoms with Crippen LogP contribution in [-0.2, 0) is 26.2 Å². The van der Waals surface area contributed by atoms with Crippen molar-refractivity contribution < 1.29 is 73.7 Å². The first-order valence-corrected chi connectivity index (χ1v) is 0. The van der Waals surface area contributed by atoms with Crippen LogP contribution in [0.3, 0.4) is 0 Å². The maximum atomic E-state index is 0. The molecule has 0 radical (unpaired) electrons. The van der Waals surface area contributed by atoms with Crippen LogP contribution in [0.1, 0.15) is 0 Å². The van der Waals surface area contributed by atoms with Crippen molar-refractivity contribution in [3.63, 3.8) is 0 Å². The molecular weight excluding hydrogens is 313 g/mol. The van der Waals surface area contributed by atoms with Crippen molar-refractivity contribution in [3.05, 3.63) is 0 Å². The quantitative estimate of drug-likeness (QED) is 0.308. The second-order valence-corrected chi connectivity index (χ2v) is 0. The van der Waals surface area contributed by atoms with Crippen molar-refractivity contribution in [2.75, 3.05) is 0 Å². The molecule has 0 heterocycles. The molecule has 0 aliphatic heterocycles. The van der Waals surface area contributed by atoms with Gasteiger partial charge in [0.1, 0.15) is 0 Å². The summed E-state index contributed by atoms with van der Waals surface area (Å²) in [7, 11) is 0. The summed E-state index contributed by atoms with van der Waals surface area (Å²) in [5, 5.41) is 0. The third-order valence-electron chi connectivity index (χ3n) is 0. The minimum atomic E-state index is 0. The Balaban J connectivity index is 0. The predicted molar refractivity (Wildman–Crippen MR) is 2.79 cm³/mol. The van der Waals surface area contributed by atoms with Gasteiger partial charge in [0.2, 0.25) is 24.0 Å². The molecule has 48 valence electrons. The topological polar surface area (TPSA) is 0 Å². The monoisotopic (exact) mass is 314 g/mol. The van der Waals surface area contributed by atoms with E-state index in [-0.39, 0.29) is 73.7 Å². The molecule has 0 atom stereocenters. The molecule has 7 heavy (non-hydrogen) atoms. The molecule has 0 amide bonds. The average Bonchev–Trinajstić information content (AvgIpc) is 0. The zero-order valence-corrected chi connectivity index (χ0v) is 7.85. The summed E-state index contributed by atoms with van der Waals surface area (Å²) in [5.74, 6) is 0. The van der Waals surface area contributed by atoms with Crippen molar-refractivity contribution >= 4 is 0 Å². The van der Waals surface area contributed by atoms with E-state index < -0.39 is 0 Å². The molecule has 0 saturated carbocycles. The number of halogens is 6. The van der Waals surface area contributed by atoms with E-state index in [1.807, 2.05) is 0 Å². The molecule has 0 saturated heterocycles. The number of hydrogen-bond donors (Lipinski definition) is 0. The zero-order valence-electron chi connectivity index (χ0n) is 2.84. The standard InChI is InChI=1S/5FH.H2I.Zr/h5*1H;1H2;/q;;;;;+1;+4/p-5. The average molecular weight is 315 g/mol. The van der Waals surface area contributed by atoms with Crippen LogP contribution in [0.25, 0.3) is 0 Å². The summed E-state index contributed by atoms with van der Waals surface area (Å²) in [4.78, 5) is 0. The van der Waals surface area contributed by atoms with Gasteiger partial charge in [0.25, 0.3) is 0 Å². The van der Waals surface area contributed by atoms with E-state index in [2.05, 4.69) is 0 Å². The second kappa shape index (κ2) is 179. The van der Waals surface area contributed by atoms with Crippen LogP contribution in [0.15, 0.2) is 0 Å². The fourth-order valence-electron chi connectivity index (χ4n) is 0. The van der Waals surface area contributed by atoms with Gasteiger partial charge in [0.05, 0.1) is 0 Å². The van der Waals surface area contributed by atoms with Crippen molar-refractivity contribution in [2.45, 2.75) is 0 Å². The first-order valence-electron chi connectivity index (χ1n) is 0. The van der Waals surface area contributed by atoms with E-state index in [1.165, 1.54) is 0 Å². The van der Waals surface area contributed by atoms with E-state index >= 15 is 0 Å². The van der Waals surface area contributed by atoms with E-state index in [4.69, 9.17) is 0 Å². The molecule has 0 aliphatic carbocycles. The summed E-state index contributed by atoms with van der Waals surface area (Å²) < 4.78 is 0. The smallest absolute Gasteiger partial charge is 1.00 e. The molecule has 7 heteroatoms. The van der Waals surface area contributed by atoms with Gasteiger partial charge in [-0.05, 0) is 0 Å². The molecule has 0 bridgehead atoms. The third kappa shape index (κ3) is 126. The summed E-state index contributed by atoms with van der Waals surface area (Å²) in [6.45, 7) is 0. The molecule has 0 aromatic carbocycles. The minimum absolute atomic E-state index is 0. The fourth-order valence-corrected chi connectivity index (χ4v) is 0. The Kier molecular flexibility index (Phi) is 6970. The van der Waals surface area contributed by atoms with Crippen LogP contribution in [0.2, 0.25) is 0 Å². The molecule has 0 nitrogen and oxygen atoms in total. The molecular formula is H2F5IZr. The Bertz CT molecular complexity index is 8.04. The van der Waals surface area contributed by atoms with E-state index in [0.717, 1.165) is 0 Å². The van der Waals surface area contributed by atoms with Crippen LogP contribution < -0.4 is 47.5 Å². The molecule has 0 N–H and O–H groups in total. The number of rotatable bonds is 0. The van der Waals surface area contributed by atoms with Gasteiger partial charge in [-0.3, -0.25) is 0 Å². The van der Waals surface area contributed by atoms with Gasteiger partial charge in [0, 0.05) is 0 Å². The predicted octanol–water partition coefficient (Wildman–Crippen LogP) is -18.5. The Labute approximate surface area is 73.4 Å². The van der Waals surface area contributed by atoms with Gasteiger partial charge in [-0.25, -0.2) is 0 Å². The maximum absolute atomic E-state index is 0. The molecule has 0 aliphatic rings. The van der Waals surface area contributed by atoms with Crippen molar-refractivity contribution in [2.24, 2.45) is 0 Å². The van der Waals surface area contributed by atoms with Gasteiger partial charge < -0.3 is 23.5 Å². The van der Waals surface area contributed by atoms with Gasteiger partial charge >= 0.3 is 26.2 Å². The normalized spacial score (nSPS) is 0. The number of hydrogen-bond acceptors (Lipinski definition) is 0. The van der Waals surface area contributed by atoms with Crippen molar-refractivity contribution in [3.8, 4) is 0 Å². The first kappa shape index (κ1) is 273. The fraction of sp³-hybridized carbons (Fsp3) is 0. The van der Waals surface area contributed by atoms with Crippen LogP contribution >= 0.6 is 0 Å². The van der Waals surface area contributed by atoms with E-state index in [9.17, 15) is 0 Å². The molecule has 0 fully saturated rings. The van der Waals surface area contributed by atoms with E-state index in [1.54, 1.807) is 0 Å². The van der Waals surface area contributed by atoms with Gasteiger partial charge in [0.15, 0.2) is 0 Å². The minimum Gasteiger partial charge on any atom is -1.00 e. The molecule has 0 spiro atoms. The summed E-state index contributed by atoms with van der Waals surface area (Å²) in [6.07, 6.45) is 0. The summed E-state index contributed by atoms with van der Waals surface area (Å²) in [6, 6.07) is 0. The molecule has 0 unspecified atom stereocenters. The molecule has 0 aromatic heterocycles. The Morgan fingerprint density at radius 1 is 0.429 bits per heavy atom. The molecule has 0 rings (SSSR count). The second-order valence-electron chi connectivity index (χ2n) is 0. The van der Waals surface area contributed by atoms with Crippen LogP contribution in [0.5, 0.6) is 0 Å². The van der Waals surface area contributed by atoms with Crippen LogP contribution in [0.4, 0.5) is 0 Å². The Morgan fingerprint density at radius 2 is 0.429 bits per heavy atom. The zero-order chi connectivity index (χ0) is 0. The molecule has 0 aromatic rings. The SMILES string of the molecule is [F-].[F-].[F-].[F-].[F-].[IH2+].[Zr+4]. The van der Waals surface area contributed by atoms with Crippen LogP contribution in [-0.4, -0.2) is 0 Å². The summed E-state index contributed by atoms with van der Waals surface area (Å²) >= 11 is 0. The van der Waals surface area contributed by atoms with Gasteiger partial charge in [-0.15, -0.1) is 0 Å². The van der Waals surface area contributed by atoms with E-state index in [0.29, 0.717) is 0 Å². The Morgan fingerprint density at radius 3 is 0.429 bits per heavy atom. The largest absolute Gasteiger partial charge is 4.00 e. The van der Waals surface area contributed by atoms with Crippen LogP contribution in [0, 0.1) is 0 Å². The van der Waals surface area contributed by atoms with Crippen molar-refractivity contribution in [1.29, 1.82) is 0 Å². The van der Waals surface area contributed by atoms with Gasteiger partial charge in [-0.1, -0.05) is 0 Å². The third-order valence-corrected chi connectivity index (χ3v) is 0. The summed E-state index contributed by atoms with van der Waals surface area (Å²) in [5.41, 5.74) is 0. The maximum Gasteiger partial charge on any atom is 4.00 e. The Hall–Kier alpha value is 1.26.